The first-order valence-electron chi connectivity index (χ1n) is 6.79. The van der Waals surface area contributed by atoms with Gasteiger partial charge in [-0.1, -0.05) is 12.1 Å². The highest BCUT2D eigenvalue weighted by Gasteiger charge is 2.32. The van der Waals surface area contributed by atoms with Crippen LogP contribution in [0.1, 0.15) is 24.9 Å². The lowest BCUT2D eigenvalue weighted by Gasteiger charge is -2.17. The van der Waals surface area contributed by atoms with Gasteiger partial charge in [-0.05, 0) is 37.0 Å². The van der Waals surface area contributed by atoms with Crippen LogP contribution in [0, 0.1) is 5.92 Å². The van der Waals surface area contributed by atoms with E-state index < -0.39 is 10.0 Å². The minimum Gasteiger partial charge on any atom is -0.384 e. The fourth-order valence-electron chi connectivity index (χ4n) is 2.48. The standard InChI is InChI=1S/C14H22N2O3S/c1-11(15)13-3-5-14(6-4-13)20(17,18)16-8-7-12(9-16)10-19-2/h3-6,11-12H,7-10,15H2,1-2H3. The van der Waals surface area contributed by atoms with Crippen molar-refractivity contribution < 1.29 is 13.2 Å². The topological polar surface area (TPSA) is 72.6 Å². The van der Waals surface area contributed by atoms with Gasteiger partial charge in [0.15, 0.2) is 0 Å². The van der Waals surface area contributed by atoms with Gasteiger partial charge in [0.05, 0.1) is 11.5 Å². The van der Waals surface area contributed by atoms with Crippen molar-refractivity contribution in [2.75, 3.05) is 26.8 Å². The Morgan fingerprint density at radius 2 is 2.05 bits per heavy atom. The van der Waals surface area contributed by atoms with E-state index in [0.717, 1.165) is 12.0 Å². The van der Waals surface area contributed by atoms with E-state index in [9.17, 15) is 8.42 Å². The highest BCUT2D eigenvalue weighted by atomic mass is 32.2. The third-order valence-electron chi connectivity index (χ3n) is 3.69. The quantitative estimate of drug-likeness (QED) is 0.891. The van der Waals surface area contributed by atoms with E-state index in [-0.39, 0.29) is 12.0 Å². The molecule has 1 saturated heterocycles. The maximum atomic E-state index is 12.5. The molecule has 0 aromatic heterocycles. The molecule has 0 bridgehead atoms. The van der Waals surface area contributed by atoms with Gasteiger partial charge in [0.2, 0.25) is 10.0 Å². The Hall–Kier alpha value is -0.950. The molecule has 0 radical (unpaired) electrons. The fraction of sp³-hybridized carbons (Fsp3) is 0.571. The van der Waals surface area contributed by atoms with Crippen LogP contribution in [0.25, 0.3) is 0 Å². The first-order chi connectivity index (χ1) is 9.45. The lowest BCUT2D eigenvalue weighted by atomic mass is 10.1. The van der Waals surface area contributed by atoms with E-state index in [1.165, 1.54) is 4.31 Å². The zero-order chi connectivity index (χ0) is 14.8. The summed E-state index contributed by atoms with van der Waals surface area (Å²) in [4.78, 5) is 0.333. The molecule has 0 saturated carbocycles. The molecule has 1 aromatic rings. The van der Waals surface area contributed by atoms with Crippen LogP contribution < -0.4 is 5.73 Å². The minimum absolute atomic E-state index is 0.0929. The van der Waals surface area contributed by atoms with Crippen molar-refractivity contribution in [1.82, 2.24) is 4.31 Å². The van der Waals surface area contributed by atoms with Crippen molar-refractivity contribution in [3.63, 3.8) is 0 Å². The summed E-state index contributed by atoms with van der Waals surface area (Å²) < 4.78 is 31.7. The highest BCUT2D eigenvalue weighted by molar-refractivity contribution is 7.89. The molecule has 20 heavy (non-hydrogen) atoms. The molecule has 2 unspecified atom stereocenters. The van der Waals surface area contributed by atoms with Gasteiger partial charge < -0.3 is 10.5 Å². The largest absolute Gasteiger partial charge is 0.384 e. The van der Waals surface area contributed by atoms with E-state index in [1.807, 2.05) is 6.92 Å². The number of hydrogen-bond acceptors (Lipinski definition) is 4. The first kappa shape index (κ1) is 15.4. The van der Waals surface area contributed by atoms with Gasteiger partial charge in [-0.2, -0.15) is 4.31 Å². The molecule has 0 amide bonds. The van der Waals surface area contributed by atoms with Crippen molar-refractivity contribution in [3.8, 4) is 0 Å². The van der Waals surface area contributed by atoms with E-state index in [4.69, 9.17) is 10.5 Å². The van der Waals surface area contributed by atoms with Gasteiger partial charge in [-0.15, -0.1) is 0 Å². The summed E-state index contributed by atoms with van der Waals surface area (Å²) in [7, 11) is -1.75. The molecule has 1 aliphatic heterocycles. The monoisotopic (exact) mass is 298 g/mol. The van der Waals surface area contributed by atoms with Crippen LogP contribution in [0.15, 0.2) is 29.2 Å². The number of nitrogens with zero attached hydrogens (tertiary/aromatic N) is 1. The lowest BCUT2D eigenvalue weighted by Crippen LogP contribution is -2.29. The smallest absolute Gasteiger partial charge is 0.243 e. The minimum atomic E-state index is -3.40. The van der Waals surface area contributed by atoms with Crippen LogP contribution in [-0.4, -0.2) is 39.5 Å². The van der Waals surface area contributed by atoms with Crippen LogP contribution in [0.2, 0.25) is 0 Å². The highest BCUT2D eigenvalue weighted by Crippen LogP contribution is 2.25. The van der Waals surface area contributed by atoms with Crippen LogP contribution >= 0.6 is 0 Å². The Bertz CT molecular complexity index is 540. The first-order valence-corrected chi connectivity index (χ1v) is 8.23. The van der Waals surface area contributed by atoms with Gasteiger partial charge in [-0.25, -0.2) is 8.42 Å². The molecule has 1 heterocycles. The Labute approximate surface area is 120 Å². The molecule has 1 aliphatic rings. The molecule has 0 aliphatic carbocycles. The predicted octanol–water partition coefficient (Wildman–Crippen LogP) is 1.36. The molecule has 2 N–H and O–H groups in total. The predicted molar refractivity (Wildman–Crippen MR) is 77.8 cm³/mol. The molecule has 1 aromatic carbocycles. The summed E-state index contributed by atoms with van der Waals surface area (Å²) in [5.74, 6) is 0.290. The van der Waals surface area contributed by atoms with E-state index in [1.54, 1.807) is 31.4 Å². The number of rotatable bonds is 5. The van der Waals surface area contributed by atoms with Crippen molar-refractivity contribution >= 4 is 10.0 Å². The molecular formula is C14H22N2O3S. The third kappa shape index (κ3) is 3.20. The van der Waals surface area contributed by atoms with E-state index >= 15 is 0 Å². The summed E-state index contributed by atoms with van der Waals surface area (Å²) in [6.45, 7) is 3.57. The van der Waals surface area contributed by atoms with Crippen LogP contribution in [0.3, 0.4) is 0 Å². The number of benzene rings is 1. The average molecular weight is 298 g/mol. The van der Waals surface area contributed by atoms with Crippen molar-refractivity contribution in [2.45, 2.75) is 24.3 Å². The summed E-state index contributed by atoms with van der Waals surface area (Å²) >= 11 is 0. The molecule has 2 rings (SSSR count). The van der Waals surface area contributed by atoms with Crippen LogP contribution in [-0.2, 0) is 14.8 Å². The van der Waals surface area contributed by atoms with Crippen molar-refractivity contribution in [1.29, 1.82) is 0 Å². The molecule has 6 heteroatoms. The third-order valence-corrected chi connectivity index (χ3v) is 5.57. The molecular weight excluding hydrogens is 276 g/mol. The lowest BCUT2D eigenvalue weighted by molar-refractivity contribution is 0.157. The number of hydrogen-bond donors (Lipinski definition) is 1. The Kier molecular flexibility index (Phi) is 4.80. The van der Waals surface area contributed by atoms with E-state index in [0.29, 0.717) is 24.6 Å². The summed E-state index contributed by atoms with van der Waals surface area (Å²) in [6.07, 6.45) is 0.852. The maximum absolute atomic E-state index is 12.5. The van der Waals surface area contributed by atoms with Crippen molar-refractivity contribution in [3.05, 3.63) is 29.8 Å². The zero-order valence-corrected chi connectivity index (χ0v) is 12.8. The Morgan fingerprint density at radius 3 is 2.60 bits per heavy atom. The van der Waals surface area contributed by atoms with Crippen molar-refractivity contribution in [2.24, 2.45) is 11.7 Å². The summed E-state index contributed by atoms with van der Waals surface area (Å²) in [5, 5.41) is 0. The zero-order valence-electron chi connectivity index (χ0n) is 12.0. The maximum Gasteiger partial charge on any atom is 0.243 e. The molecule has 2 atom stereocenters. The van der Waals surface area contributed by atoms with Gasteiger partial charge in [0.1, 0.15) is 0 Å². The van der Waals surface area contributed by atoms with Gasteiger partial charge in [-0.3, -0.25) is 0 Å². The molecule has 1 fully saturated rings. The van der Waals surface area contributed by atoms with Crippen LogP contribution in [0.5, 0.6) is 0 Å². The normalized spacial score (nSPS) is 22.1. The van der Waals surface area contributed by atoms with Gasteiger partial charge >= 0.3 is 0 Å². The Morgan fingerprint density at radius 1 is 1.40 bits per heavy atom. The number of sulfonamides is 1. The number of nitrogens with two attached hydrogens (primary N) is 1. The van der Waals surface area contributed by atoms with Gasteiger partial charge in [0, 0.05) is 26.2 Å². The molecule has 112 valence electrons. The summed E-state index contributed by atoms with van der Waals surface area (Å²) in [6, 6.07) is 6.74. The van der Waals surface area contributed by atoms with Crippen LogP contribution in [0.4, 0.5) is 0 Å². The molecule has 0 spiro atoms. The second kappa shape index (κ2) is 6.22. The Balaban J connectivity index is 2.14. The SMILES string of the molecule is COCC1CCN(S(=O)(=O)c2ccc(C(C)N)cc2)C1. The fourth-order valence-corrected chi connectivity index (χ4v) is 4.01. The second-order valence-corrected chi connectivity index (χ2v) is 7.27. The second-order valence-electron chi connectivity index (χ2n) is 5.33. The van der Waals surface area contributed by atoms with E-state index in [2.05, 4.69) is 0 Å². The average Bonchev–Trinajstić information content (AvgIpc) is 2.88. The number of methoxy groups -OCH3 is 1. The molecule has 5 nitrogen and oxygen atoms in total. The van der Waals surface area contributed by atoms with Gasteiger partial charge in [0.25, 0.3) is 0 Å². The number of ether oxygens (including phenoxy) is 1. The summed E-state index contributed by atoms with van der Waals surface area (Å²) in [5.41, 5.74) is 6.71.